The van der Waals surface area contributed by atoms with Crippen LogP contribution in [0.2, 0.25) is 0 Å². The molecule has 0 aliphatic rings. The second-order valence-electron chi connectivity index (χ2n) is 2.64. The Bertz CT molecular complexity index is 460. The summed E-state index contributed by atoms with van der Waals surface area (Å²) in [7, 11) is 0. The van der Waals surface area contributed by atoms with Gasteiger partial charge in [0, 0.05) is 0 Å². The van der Waals surface area contributed by atoms with E-state index < -0.39 is 15.6 Å². The Morgan fingerprint density at radius 1 is 1.56 bits per heavy atom. The van der Waals surface area contributed by atoms with E-state index in [2.05, 4.69) is 26.5 Å². The first-order valence-corrected chi connectivity index (χ1v) is 4.77. The quantitative estimate of drug-likeness (QED) is 0.290. The number of nitrogens with zero attached hydrogens (tertiary/aromatic N) is 2. The number of anilines is 1. The molecule has 0 spiro atoms. The molecular weight excluding hydrogens is 282 g/mol. The molecule has 0 heterocycles. The SMILES string of the molecule is O=C(O)c1cccc(N/N=C(\Br)[N+](=O)[O-])c1. The molecule has 0 aromatic heterocycles. The standard InChI is InChI=1S/C8H6BrN3O4/c9-8(12(15)16)11-10-6-3-1-2-5(4-6)7(13)14/h1-4,10H,(H,13,14)/b11-8+. The number of hydrogen-bond donors (Lipinski definition) is 2. The van der Waals surface area contributed by atoms with E-state index in [0.717, 1.165) is 0 Å². The molecular formula is C8H6BrN3O4. The summed E-state index contributed by atoms with van der Waals surface area (Å²) >= 11 is 2.62. The Morgan fingerprint density at radius 3 is 2.81 bits per heavy atom. The minimum absolute atomic E-state index is 0.0671. The lowest BCUT2D eigenvalue weighted by molar-refractivity contribution is -0.342. The fourth-order valence-electron chi connectivity index (χ4n) is 0.873. The third-order valence-corrected chi connectivity index (χ3v) is 2.00. The van der Waals surface area contributed by atoms with Crippen LogP contribution in [0.4, 0.5) is 5.69 Å². The number of benzene rings is 1. The van der Waals surface area contributed by atoms with Gasteiger partial charge >= 0.3 is 10.7 Å². The molecule has 2 N–H and O–H groups in total. The topological polar surface area (TPSA) is 105 Å². The van der Waals surface area contributed by atoms with Crippen molar-refractivity contribution in [2.24, 2.45) is 5.10 Å². The average molecular weight is 288 g/mol. The number of carbonyl (C=O) groups is 1. The van der Waals surface area contributed by atoms with Gasteiger partial charge < -0.3 is 15.2 Å². The highest BCUT2D eigenvalue weighted by Gasteiger charge is 2.07. The highest BCUT2D eigenvalue weighted by atomic mass is 79.9. The molecule has 0 aliphatic carbocycles. The van der Waals surface area contributed by atoms with Crippen molar-refractivity contribution in [1.82, 2.24) is 0 Å². The maximum absolute atomic E-state index is 10.6. The van der Waals surface area contributed by atoms with Crippen LogP contribution in [0.5, 0.6) is 0 Å². The van der Waals surface area contributed by atoms with Crippen LogP contribution in [-0.2, 0) is 0 Å². The number of hydrogen-bond acceptors (Lipinski definition) is 5. The van der Waals surface area contributed by atoms with Crippen LogP contribution < -0.4 is 5.43 Å². The van der Waals surface area contributed by atoms with E-state index >= 15 is 0 Å². The lowest BCUT2D eigenvalue weighted by Crippen LogP contribution is -2.06. The molecule has 0 fully saturated rings. The van der Waals surface area contributed by atoms with E-state index in [1.165, 1.54) is 24.3 Å². The number of halogens is 1. The molecule has 8 heteroatoms. The number of carboxylic acids is 1. The zero-order chi connectivity index (χ0) is 12.1. The molecule has 0 unspecified atom stereocenters. The van der Waals surface area contributed by atoms with Crippen molar-refractivity contribution < 1.29 is 14.8 Å². The summed E-state index contributed by atoms with van der Waals surface area (Å²) in [5.41, 5.74) is 2.77. The summed E-state index contributed by atoms with van der Waals surface area (Å²) in [6, 6.07) is 5.75. The lowest BCUT2D eigenvalue weighted by atomic mass is 10.2. The Morgan fingerprint density at radius 2 is 2.25 bits per heavy atom. The van der Waals surface area contributed by atoms with Gasteiger partial charge in [0.05, 0.1) is 32.3 Å². The third kappa shape index (κ3) is 3.31. The fraction of sp³-hybridized carbons (Fsp3) is 0. The molecule has 84 valence electrons. The van der Waals surface area contributed by atoms with Gasteiger partial charge in [-0.3, -0.25) is 0 Å². The van der Waals surface area contributed by atoms with E-state index in [0.29, 0.717) is 5.69 Å². The normalized spacial score (nSPS) is 10.9. The van der Waals surface area contributed by atoms with Gasteiger partial charge in [0.1, 0.15) is 0 Å². The molecule has 0 atom stereocenters. The first-order chi connectivity index (χ1) is 7.50. The molecule has 0 saturated heterocycles. The summed E-state index contributed by atoms with van der Waals surface area (Å²) in [5, 5.41) is 22.3. The number of nitro groups is 1. The van der Waals surface area contributed by atoms with Crippen molar-refractivity contribution in [3.05, 3.63) is 39.9 Å². The number of aromatic carboxylic acids is 1. The van der Waals surface area contributed by atoms with Gasteiger partial charge in [-0.1, -0.05) is 6.07 Å². The van der Waals surface area contributed by atoms with Crippen LogP contribution in [0.15, 0.2) is 29.4 Å². The maximum Gasteiger partial charge on any atom is 0.430 e. The van der Waals surface area contributed by atoms with Gasteiger partial charge in [0.15, 0.2) is 0 Å². The number of hydrazone groups is 1. The number of nitrogens with one attached hydrogen (secondary N) is 1. The highest BCUT2D eigenvalue weighted by Crippen LogP contribution is 2.10. The van der Waals surface area contributed by atoms with Crippen molar-refractivity contribution in [1.29, 1.82) is 0 Å². The summed E-state index contributed by atoms with van der Waals surface area (Å²) in [5.74, 6) is -1.08. The van der Waals surface area contributed by atoms with Crippen molar-refractivity contribution in [3.8, 4) is 0 Å². The van der Waals surface area contributed by atoms with Crippen LogP contribution in [0, 0.1) is 10.1 Å². The monoisotopic (exact) mass is 287 g/mol. The first kappa shape index (κ1) is 12.1. The number of carboxylic acid groups (broad SMARTS) is 1. The molecule has 0 saturated carbocycles. The van der Waals surface area contributed by atoms with Gasteiger partial charge in [-0.2, -0.15) is 5.43 Å². The number of amidine groups is 1. The molecule has 0 bridgehead atoms. The highest BCUT2D eigenvalue weighted by molar-refractivity contribution is 9.18. The minimum Gasteiger partial charge on any atom is -0.478 e. The second kappa shape index (κ2) is 5.21. The molecule has 0 aliphatic heterocycles. The van der Waals surface area contributed by atoms with Crippen molar-refractivity contribution in [3.63, 3.8) is 0 Å². The summed E-state index contributed by atoms with van der Waals surface area (Å²) in [4.78, 5) is 20.1. The maximum atomic E-state index is 10.6. The van der Waals surface area contributed by atoms with Crippen molar-refractivity contribution in [2.45, 2.75) is 0 Å². The zero-order valence-electron chi connectivity index (χ0n) is 7.75. The van der Waals surface area contributed by atoms with Gasteiger partial charge in [0.25, 0.3) is 0 Å². The van der Waals surface area contributed by atoms with Crippen LogP contribution in [0.1, 0.15) is 10.4 Å². The summed E-state index contributed by atoms with van der Waals surface area (Å²) in [6.07, 6.45) is 0. The molecule has 1 aromatic carbocycles. The predicted octanol–water partition coefficient (Wildman–Crippen LogP) is 1.74. The summed E-state index contributed by atoms with van der Waals surface area (Å²) in [6.45, 7) is 0. The van der Waals surface area contributed by atoms with E-state index in [1.54, 1.807) is 0 Å². The van der Waals surface area contributed by atoms with Crippen LogP contribution in [-0.4, -0.2) is 20.7 Å². The van der Waals surface area contributed by atoms with Crippen molar-refractivity contribution >= 4 is 32.3 Å². The Labute approximate surface area is 98.1 Å². The van der Waals surface area contributed by atoms with Gasteiger partial charge in [0.2, 0.25) is 0 Å². The van der Waals surface area contributed by atoms with Gasteiger partial charge in [-0.15, -0.1) is 0 Å². The molecule has 7 nitrogen and oxygen atoms in total. The zero-order valence-corrected chi connectivity index (χ0v) is 9.34. The van der Waals surface area contributed by atoms with Gasteiger partial charge in [-0.25, -0.2) is 4.79 Å². The van der Waals surface area contributed by atoms with Gasteiger partial charge in [-0.05, 0) is 23.1 Å². The smallest absolute Gasteiger partial charge is 0.430 e. The van der Waals surface area contributed by atoms with E-state index in [1.807, 2.05) is 0 Å². The number of rotatable bonds is 3. The lowest BCUT2D eigenvalue weighted by Gasteiger charge is -1.97. The minimum atomic E-state index is -1.08. The van der Waals surface area contributed by atoms with Crippen LogP contribution >= 0.6 is 15.9 Å². The predicted molar refractivity (Wildman–Crippen MR) is 60.4 cm³/mol. The van der Waals surface area contributed by atoms with E-state index in [-0.39, 0.29) is 5.56 Å². The summed E-state index contributed by atoms with van der Waals surface area (Å²) < 4.78 is -0.492. The van der Waals surface area contributed by atoms with E-state index in [9.17, 15) is 14.9 Å². The molecule has 0 amide bonds. The third-order valence-electron chi connectivity index (χ3n) is 1.54. The fourth-order valence-corrected chi connectivity index (χ4v) is 0.962. The molecule has 0 radical (unpaired) electrons. The average Bonchev–Trinajstić information content (AvgIpc) is 2.26. The molecule has 1 aromatic rings. The largest absolute Gasteiger partial charge is 0.478 e. The Hall–Kier alpha value is -1.96. The van der Waals surface area contributed by atoms with Crippen LogP contribution in [0.3, 0.4) is 0 Å². The second-order valence-corrected chi connectivity index (χ2v) is 3.34. The molecule has 1 rings (SSSR count). The first-order valence-electron chi connectivity index (χ1n) is 3.97. The van der Waals surface area contributed by atoms with E-state index in [4.69, 9.17) is 5.11 Å². The Kier molecular flexibility index (Phi) is 3.95. The Balaban J connectivity index is 2.82. The van der Waals surface area contributed by atoms with Crippen LogP contribution in [0.25, 0.3) is 0 Å². The van der Waals surface area contributed by atoms with Crippen molar-refractivity contribution in [2.75, 3.05) is 5.43 Å². The molecule has 16 heavy (non-hydrogen) atoms.